The number of nitrogens with one attached hydrogen (secondary N) is 1. The second kappa shape index (κ2) is 4.96. The zero-order valence-electron chi connectivity index (χ0n) is 10.1. The zero-order chi connectivity index (χ0) is 11.5. The number of fused-ring (bicyclic) bond motifs is 1. The summed E-state index contributed by atoms with van der Waals surface area (Å²) in [6.07, 6.45) is 4.90. The SMILES string of the molecule is c1cc2c(cc1OC1CCCNC1)CCCO2. The summed E-state index contributed by atoms with van der Waals surface area (Å²) in [5.41, 5.74) is 1.29. The number of aryl methyl sites for hydroxylation is 1. The van der Waals surface area contributed by atoms with Gasteiger partial charge in [-0.15, -0.1) is 0 Å². The maximum absolute atomic E-state index is 6.00. The van der Waals surface area contributed by atoms with Gasteiger partial charge in [-0.2, -0.15) is 0 Å². The Morgan fingerprint density at radius 2 is 2.29 bits per heavy atom. The fourth-order valence-corrected chi connectivity index (χ4v) is 2.52. The third kappa shape index (κ3) is 2.55. The molecule has 3 heteroatoms. The second-order valence-electron chi connectivity index (χ2n) is 4.81. The molecule has 1 atom stereocenters. The van der Waals surface area contributed by atoms with Crippen molar-refractivity contribution < 1.29 is 9.47 Å². The first-order valence-corrected chi connectivity index (χ1v) is 6.55. The van der Waals surface area contributed by atoms with Crippen LogP contribution >= 0.6 is 0 Å². The summed E-state index contributed by atoms with van der Waals surface area (Å²) in [7, 11) is 0. The maximum Gasteiger partial charge on any atom is 0.122 e. The Kier molecular flexibility index (Phi) is 3.18. The van der Waals surface area contributed by atoms with Gasteiger partial charge < -0.3 is 14.8 Å². The smallest absolute Gasteiger partial charge is 0.122 e. The summed E-state index contributed by atoms with van der Waals surface area (Å²) in [5, 5.41) is 3.37. The minimum absolute atomic E-state index is 0.325. The van der Waals surface area contributed by atoms with E-state index in [1.54, 1.807) is 0 Å². The fraction of sp³-hybridized carbons (Fsp3) is 0.571. The molecule has 17 heavy (non-hydrogen) atoms. The number of ether oxygens (including phenoxy) is 2. The van der Waals surface area contributed by atoms with Gasteiger partial charge in [-0.05, 0) is 56.0 Å². The van der Waals surface area contributed by atoms with E-state index in [1.807, 2.05) is 12.1 Å². The average Bonchev–Trinajstić information content (AvgIpc) is 2.40. The molecule has 1 N–H and O–H groups in total. The Morgan fingerprint density at radius 1 is 1.29 bits per heavy atom. The highest BCUT2D eigenvalue weighted by molar-refractivity contribution is 5.41. The maximum atomic E-state index is 6.00. The van der Waals surface area contributed by atoms with E-state index in [2.05, 4.69) is 11.4 Å². The van der Waals surface area contributed by atoms with Crippen LogP contribution in [0.15, 0.2) is 18.2 Å². The third-order valence-electron chi connectivity index (χ3n) is 3.43. The minimum atomic E-state index is 0.325. The van der Waals surface area contributed by atoms with Crippen LogP contribution in [-0.4, -0.2) is 25.8 Å². The highest BCUT2D eigenvalue weighted by Gasteiger charge is 2.16. The van der Waals surface area contributed by atoms with Gasteiger partial charge in [-0.3, -0.25) is 0 Å². The van der Waals surface area contributed by atoms with Gasteiger partial charge in [0.1, 0.15) is 17.6 Å². The molecule has 1 aromatic rings. The number of rotatable bonds is 2. The number of benzene rings is 1. The molecule has 1 saturated heterocycles. The molecule has 3 rings (SSSR count). The van der Waals surface area contributed by atoms with Crippen LogP contribution in [0.3, 0.4) is 0 Å². The molecule has 3 nitrogen and oxygen atoms in total. The van der Waals surface area contributed by atoms with Crippen molar-refractivity contribution in [2.75, 3.05) is 19.7 Å². The van der Waals surface area contributed by atoms with Gasteiger partial charge in [-0.1, -0.05) is 0 Å². The van der Waals surface area contributed by atoms with Gasteiger partial charge in [-0.25, -0.2) is 0 Å². The molecular weight excluding hydrogens is 214 g/mol. The zero-order valence-corrected chi connectivity index (χ0v) is 10.1. The Labute approximate surface area is 102 Å². The summed E-state index contributed by atoms with van der Waals surface area (Å²) in [6.45, 7) is 2.94. The second-order valence-corrected chi connectivity index (χ2v) is 4.81. The minimum Gasteiger partial charge on any atom is -0.493 e. The molecule has 0 radical (unpaired) electrons. The molecule has 0 spiro atoms. The quantitative estimate of drug-likeness (QED) is 0.849. The highest BCUT2D eigenvalue weighted by atomic mass is 16.5. The van der Waals surface area contributed by atoms with Gasteiger partial charge in [0.2, 0.25) is 0 Å². The van der Waals surface area contributed by atoms with E-state index in [-0.39, 0.29) is 0 Å². The monoisotopic (exact) mass is 233 g/mol. The van der Waals surface area contributed by atoms with E-state index in [1.165, 1.54) is 12.0 Å². The molecule has 0 aliphatic carbocycles. The van der Waals surface area contributed by atoms with Crippen LogP contribution < -0.4 is 14.8 Å². The van der Waals surface area contributed by atoms with Gasteiger partial charge in [0.25, 0.3) is 0 Å². The van der Waals surface area contributed by atoms with Crippen LogP contribution in [0.1, 0.15) is 24.8 Å². The molecule has 2 aliphatic rings. The lowest BCUT2D eigenvalue weighted by atomic mass is 10.1. The summed E-state index contributed by atoms with van der Waals surface area (Å²) in [5.74, 6) is 2.02. The normalized spacial score (nSPS) is 23.6. The summed E-state index contributed by atoms with van der Waals surface area (Å²) in [4.78, 5) is 0. The fourth-order valence-electron chi connectivity index (χ4n) is 2.52. The topological polar surface area (TPSA) is 30.5 Å². The molecule has 0 aromatic heterocycles. The largest absolute Gasteiger partial charge is 0.493 e. The van der Waals surface area contributed by atoms with Crippen molar-refractivity contribution in [1.29, 1.82) is 0 Å². The molecule has 1 aromatic carbocycles. The Bertz CT molecular complexity index is 386. The van der Waals surface area contributed by atoms with Crippen molar-refractivity contribution in [1.82, 2.24) is 5.32 Å². The summed E-state index contributed by atoms with van der Waals surface area (Å²) < 4.78 is 11.6. The molecule has 0 saturated carbocycles. The molecule has 92 valence electrons. The van der Waals surface area contributed by atoms with Crippen molar-refractivity contribution in [2.45, 2.75) is 31.8 Å². The first-order valence-electron chi connectivity index (χ1n) is 6.55. The molecule has 0 amide bonds. The third-order valence-corrected chi connectivity index (χ3v) is 3.43. The van der Waals surface area contributed by atoms with E-state index < -0.39 is 0 Å². The Morgan fingerprint density at radius 3 is 3.18 bits per heavy atom. The number of hydrogen-bond donors (Lipinski definition) is 1. The van der Waals surface area contributed by atoms with Crippen molar-refractivity contribution in [3.63, 3.8) is 0 Å². The van der Waals surface area contributed by atoms with Crippen LogP contribution in [0.2, 0.25) is 0 Å². The molecular formula is C14H19NO2. The van der Waals surface area contributed by atoms with E-state index in [9.17, 15) is 0 Å². The summed E-state index contributed by atoms with van der Waals surface area (Å²) >= 11 is 0. The van der Waals surface area contributed by atoms with Gasteiger partial charge in [0.15, 0.2) is 0 Å². The van der Waals surface area contributed by atoms with Crippen LogP contribution in [0.4, 0.5) is 0 Å². The lowest BCUT2D eigenvalue weighted by Gasteiger charge is -2.25. The van der Waals surface area contributed by atoms with E-state index in [4.69, 9.17) is 9.47 Å². The molecule has 0 bridgehead atoms. The highest BCUT2D eigenvalue weighted by Crippen LogP contribution is 2.29. The van der Waals surface area contributed by atoms with Gasteiger partial charge in [0, 0.05) is 6.54 Å². The van der Waals surface area contributed by atoms with Crippen LogP contribution in [-0.2, 0) is 6.42 Å². The first-order chi connectivity index (χ1) is 8.42. The van der Waals surface area contributed by atoms with Crippen molar-refractivity contribution in [2.24, 2.45) is 0 Å². The van der Waals surface area contributed by atoms with E-state index >= 15 is 0 Å². The van der Waals surface area contributed by atoms with Gasteiger partial charge >= 0.3 is 0 Å². The van der Waals surface area contributed by atoms with E-state index in [0.29, 0.717) is 6.10 Å². The lowest BCUT2D eigenvalue weighted by Crippen LogP contribution is -2.37. The van der Waals surface area contributed by atoms with Crippen LogP contribution in [0.25, 0.3) is 0 Å². The van der Waals surface area contributed by atoms with Crippen LogP contribution in [0.5, 0.6) is 11.5 Å². The van der Waals surface area contributed by atoms with Gasteiger partial charge in [0.05, 0.1) is 6.61 Å². The molecule has 2 aliphatic heterocycles. The molecule has 2 heterocycles. The number of piperidine rings is 1. The van der Waals surface area contributed by atoms with Crippen molar-refractivity contribution in [3.8, 4) is 11.5 Å². The summed E-state index contributed by atoms with van der Waals surface area (Å²) in [6, 6.07) is 6.21. The predicted molar refractivity (Wildman–Crippen MR) is 66.8 cm³/mol. The average molecular weight is 233 g/mol. The lowest BCUT2D eigenvalue weighted by molar-refractivity contribution is 0.166. The molecule has 1 unspecified atom stereocenters. The number of hydrogen-bond acceptors (Lipinski definition) is 3. The first kappa shape index (κ1) is 10.9. The van der Waals surface area contributed by atoms with Crippen molar-refractivity contribution >= 4 is 0 Å². The van der Waals surface area contributed by atoms with Crippen LogP contribution in [0, 0.1) is 0 Å². The molecule has 1 fully saturated rings. The predicted octanol–water partition coefficient (Wildman–Crippen LogP) is 2.14. The van der Waals surface area contributed by atoms with E-state index in [0.717, 1.165) is 50.5 Å². The van der Waals surface area contributed by atoms with Crippen molar-refractivity contribution in [3.05, 3.63) is 23.8 Å². The Balaban J connectivity index is 1.70. The standard InChI is InChI=1S/C14H19NO2/c1-4-13(10-15-7-1)17-12-5-6-14-11(9-12)3-2-8-16-14/h5-6,9,13,15H,1-4,7-8,10H2. The Hall–Kier alpha value is -1.22.